The second kappa shape index (κ2) is 34.5. The number of aromatic hydroxyl groups is 1. The third-order valence-electron chi connectivity index (χ3n) is 15.5. The molecule has 4 aliphatic rings. The van der Waals surface area contributed by atoms with Gasteiger partial charge in [0.05, 0.1) is 93.2 Å². The number of ether oxygens (including phenoxy) is 10. The lowest BCUT2D eigenvalue weighted by Crippen LogP contribution is -2.51. The van der Waals surface area contributed by atoms with E-state index >= 15 is 0 Å². The summed E-state index contributed by atoms with van der Waals surface area (Å²) in [5.41, 5.74) is 1.40. The van der Waals surface area contributed by atoms with Crippen molar-refractivity contribution in [2.45, 2.75) is 125 Å². The number of benzene rings is 4. The fraction of sp³-hybridized carbons (Fsp3) is 0.565. The average Bonchev–Trinajstić information content (AvgIpc) is 1.19. The van der Waals surface area contributed by atoms with E-state index < -0.39 is 101 Å². The van der Waals surface area contributed by atoms with Crippen LogP contribution in [0.5, 0.6) is 23.0 Å². The predicted octanol–water partition coefficient (Wildman–Crippen LogP) is 5.34. The summed E-state index contributed by atoms with van der Waals surface area (Å²) in [6, 6.07) is 23.2. The summed E-state index contributed by atoms with van der Waals surface area (Å²) in [6.07, 6.45) is -6.57. The molecule has 0 saturated carbocycles. The molecule has 28 nitrogen and oxygen atoms in total. The average molecular weight is 1370 g/mol. The molecule has 8 rings (SSSR count). The number of fused-ring (bicyclic) bond motifs is 2. The van der Waals surface area contributed by atoms with Crippen LogP contribution >= 0.6 is 7.60 Å². The lowest BCUT2D eigenvalue weighted by Gasteiger charge is -2.31. The Balaban J connectivity index is 0.000000274. The van der Waals surface area contributed by atoms with Gasteiger partial charge in [0.1, 0.15) is 48.2 Å². The van der Waals surface area contributed by atoms with Crippen LogP contribution in [0.1, 0.15) is 58.6 Å². The van der Waals surface area contributed by atoms with Crippen molar-refractivity contribution in [3.05, 3.63) is 108 Å². The molecule has 0 aliphatic carbocycles. The van der Waals surface area contributed by atoms with Gasteiger partial charge in [-0.15, -0.1) is 0 Å². The summed E-state index contributed by atoms with van der Waals surface area (Å²) in [5.74, 6) is -0.150. The standard InChI is InChI=1S/C34H49N2O15PS.C28H38N2O9S/c1-22(2)18-36(53(43,44)27-11-9-25(45-4)10-12-27)19-30(37)29(35-34(40)50-31-20-49-33-28(31)13-14-48-33)17-24-5-7-26(8-6-24)47-16-15-46-21-52(41,42)51-23(3)32(38)39;1-18(2)15-30(40(34,35)22-10-8-21(36-3)9-11-22)16-25(32)24(14-19-4-6-20(31)7-5-19)29-28(33)39-26-17-38-27-23(26)12-13-37-27/h5-12,22-23,28-31,33,37H,13-21H2,1-4H3,(H,35,40)(H,38,39)(H,41,42);4-11,18,23-27,31-32H,12-17H2,1-3H3,(H,29,33)/t23-,28-,29-,30+,31-,33+;23-,24-,25+,26-,27+/m00/s1. The summed E-state index contributed by atoms with van der Waals surface area (Å²) >= 11 is 0. The fourth-order valence-corrected chi connectivity index (χ4v) is 15.0. The number of carboxylic acid groups (broad SMARTS) is 1. The number of aliphatic carboxylic acids is 1. The highest BCUT2D eigenvalue weighted by atomic mass is 32.2. The van der Waals surface area contributed by atoms with Crippen molar-refractivity contribution in [3.63, 3.8) is 0 Å². The number of carbonyl (C=O) groups excluding carboxylic acids is 2. The minimum absolute atomic E-state index is 0.00526. The van der Waals surface area contributed by atoms with Crippen LogP contribution in [0.25, 0.3) is 0 Å². The van der Waals surface area contributed by atoms with Gasteiger partial charge in [-0.1, -0.05) is 52.0 Å². The Morgan fingerprint density at radius 3 is 1.41 bits per heavy atom. The molecule has 4 saturated heterocycles. The van der Waals surface area contributed by atoms with Crippen LogP contribution in [0, 0.1) is 23.7 Å². The molecule has 0 bridgehead atoms. The highest BCUT2D eigenvalue weighted by Crippen LogP contribution is 2.43. The highest BCUT2D eigenvalue weighted by Gasteiger charge is 2.46. The number of aliphatic hydroxyl groups is 2. The molecule has 4 aromatic carbocycles. The van der Waals surface area contributed by atoms with Gasteiger partial charge in [-0.25, -0.2) is 31.2 Å². The van der Waals surface area contributed by atoms with Crippen molar-refractivity contribution in [3.8, 4) is 23.0 Å². The van der Waals surface area contributed by atoms with Gasteiger partial charge < -0.3 is 83.3 Å². The smallest absolute Gasteiger partial charge is 0.407 e. The number of hydrogen-bond acceptors (Lipinski definition) is 22. The van der Waals surface area contributed by atoms with Crippen molar-refractivity contribution >= 4 is 45.8 Å². The van der Waals surface area contributed by atoms with Crippen LogP contribution in [0.2, 0.25) is 0 Å². The van der Waals surface area contributed by atoms with E-state index in [1.165, 1.54) is 71.4 Å². The zero-order valence-electron chi connectivity index (χ0n) is 53.0. The number of alkyl carbamates (subject to hydrolysis) is 2. The van der Waals surface area contributed by atoms with Crippen molar-refractivity contribution in [2.75, 3.05) is 86.4 Å². The van der Waals surface area contributed by atoms with Crippen molar-refractivity contribution in [1.29, 1.82) is 0 Å². The Labute approximate surface area is 542 Å². The quantitative estimate of drug-likeness (QED) is 0.0234. The Kier molecular flexibility index (Phi) is 27.5. The zero-order valence-corrected chi connectivity index (χ0v) is 55.5. The molecule has 7 N–H and O–H groups in total. The highest BCUT2D eigenvalue weighted by molar-refractivity contribution is 7.89. The van der Waals surface area contributed by atoms with Crippen LogP contribution in [-0.2, 0) is 79.9 Å². The molecule has 516 valence electrons. The molecule has 31 heteroatoms. The third kappa shape index (κ3) is 21.9. The Bertz CT molecular complexity index is 3300. The molecule has 4 aliphatic heterocycles. The summed E-state index contributed by atoms with van der Waals surface area (Å²) < 4.78 is 128. The maximum atomic E-state index is 13.8. The van der Waals surface area contributed by atoms with E-state index in [1.807, 2.05) is 27.7 Å². The van der Waals surface area contributed by atoms with E-state index in [9.17, 15) is 56.0 Å². The monoisotopic (exact) mass is 1370 g/mol. The largest absolute Gasteiger partial charge is 0.508 e. The molecule has 4 fully saturated rings. The normalized spacial score (nSPS) is 21.7. The predicted molar refractivity (Wildman–Crippen MR) is 333 cm³/mol. The Hall–Kier alpha value is -6.22. The molecule has 2 amide bonds. The summed E-state index contributed by atoms with van der Waals surface area (Å²) in [5, 5.41) is 47.0. The van der Waals surface area contributed by atoms with E-state index in [0.29, 0.717) is 42.4 Å². The number of hydrogen-bond donors (Lipinski definition) is 7. The number of nitrogens with one attached hydrogen (secondary N) is 2. The number of amides is 2. The van der Waals surface area contributed by atoms with Crippen LogP contribution < -0.4 is 24.8 Å². The van der Waals surface area contributed by atoms with Gasteiger partial charge in [-0.2, -0.15) is 8.61 Å². The number of nitrogens with zero attached hydrogens (tertiary/aromatic N) is 2. The second-order valence-electron chi connectivity index (χ2n) is 23.7. The second-order valence-corrected chi connectivity index (χ2v) is 29.3. The van der Waals surface area contributed by atoms with Gasteiger partial charge in [0, 0.05) is 26.2 Å². The first-order valence-electron chi connectivity index (χ1n) is 30.5. The summed E-state index contributed by atoms with van der Waals surface area (Å²) in [7, 11) is -9.34. The van der Waals surface area contributed by atoms with Crippen molar-refractivity contribution < 1.29 is 113 Å². The van der Waals surface area contributed by atoms with Gasteiger partial charge in [-0.3, -0.25) is 9.09 Å². The number of phenols is 1. The Morgan fingerprint density at radius 1 is 0.602 bits per heavy atom. The number of carboxylic acids is 1. The van der Waals surface area contributed by atoms with Crippen molar-refractivity contribution in [2.24, 2.45) is 23.7 Å². The molecular weight excluding hydrogens is 1280 g/mol. The lowest BCUT2D eigenvalue weighted by molar-refractivity contribution is -0.144. The Morgan fingerprint density at radius 2 is 1.01 bits per heavy atom. The van der Waals surface area contributed by atoms with Gasteiger partial charge in [0.2, 0.25) is 20.0 Å². The van der Waals surface area contributed by atoms with Crippen LogP contribution in [-0.4, -0.2) is 210 Å². The van der Waals surface area contributed by atoms with Gasteiger partial charge in [0.25, 0.3) is 0 Å². The lowest BCUT2D eigenvalue weighted by atomic mass is 10.0. The third-order valence-corrected chi connectivity index (χ3v) is 20.4. The van der Waals surface area contributed by atoms with Crippen molar-refractivity contribution in [1.82, 2.24) is 19.2 Å². The molecule has 4 heterocycles. The van der Waals surface area contributed by atoms with E-state index in [-0.39, 0.29) is 111 Å². The van der Waals surface area contributed by atoms with Gasteiger partial charge >= 0.3 is 25.8 Å². The topological polar surface area (TPSA) is 370 Å². The molecule has 0 aromatic heterocycles. The summed E-state index contributed by atoms with van der Waals surface area (Å²) in [4.78, 5) is 46.9. The minimum atomic E-state index is -4.28. The number of aliphatic hydroxyl groups excluding tert-OH is 2. The fourth-order valence-electron chi connectivity index (χ4n) is 10.7. The summed E-state index contributed by atoms with van der Waals surface area (Å²) in [6.45, 7) is 9.60. The number of carbonyl (C=O) groups is 3. The van der Waals surface area contributed by atoms with E-state index in [4.69, 9.17) is 52.5 Å². The molecule has 93 heavy (non-hydrogen) atoms. The maximum Gasteiger partial charge on any atom is 0.407 e. The molecule has 12 atom stereocenters. The van der Waals surface area contributed by atoms with Crippen LogP contribution in [0.4, 0.5) is 9.59 Å². The van der Waals surface area contributed by atoms with Crippen LogP contribution in [0.3, 0.4) is 0 Å². The van der Waals surface area contributed by atoms with Crippen LogP contribution in [0.15, 0.2) is 107 Å². The molecule has 1 unspecified atom stereocenters. The molecular formula is C62H87N4O24PS2. The number of sulfonamides is 2. The maximum absolute atomic E-state index is 13.8. The minimum Gasteiger partial charge on any atom is -0.508 e. The zero-order chi connectivity index (χ0) is 67.6. The molecule has 0 spiro atoms. The first kappa shape index (κ1) is 74.2. The van der Waals surface area contributed by atoms with Gasteiger partial charge in [0.15, 0.2) is 18.7 Å². The first-order chi connectivity index (χ1) is 44.1. The number of phenolic OH excluding ortho intramolecular Hbond substituents is 1. The van der Waals surface area contributed by atoms with E-state index in [2.05, 4.69) is 15.2 Å². The van der Waals surface area contributed by atoms with E-state index in [1.54, 1.807) is 48.5 Å². The van der Waals surface area contributed by atoms with E-state index in [0.717, 1.165) is 18.9 Å². The number of methoxy groups -OCH3 is 2. The molecule has 4 aromatic rings. The number of rotatable bonds is 33. The van der Waals surface area contributed by atoms with Gasteiger partial charge in [-0.05, 0) is 128 Å². The SMILES string of the molecule is COc1ccc(S(=O)(=O)N(CC(C)C)C[C@@H](O)[C@H](Cc2ccc(O)cc2)NC(=O)O[C@H]2CO[C@H]3OCC[C@H]32)cc1.COc1ccc(S(=O)(=O)N(CC(C)C)C[C@@H](O)[C@H](Cc2ccc(OCCOCP(=O)(O)O[C@@H](C)C(=O)O)cc2)NC(=O)O[C@H]2CO[C@H]3OCC[C@H]32)cc1. The molecule has 0 radical (unpaired) electrons. The first-order valence-corrected chi connectivity index (χ1v) is 35.1.